The first-order valence-electron chi connectivity index (χ1n) is 5.29. The Kier molecular flexibility index (Phi) is 6.45. The Bertz CT molecular complexity index is 315. The van der Waals surface area contributed by atoms with E-state index in [2.05, 4.69) is 15.9 Å². The van der Waals surface area contributed by atoms with Crippen molar-refractivity contribution in [1.82, 2.24) is 0 Å². The molecule has 0 saturated carbocycles. The van der Waals surface area contributed by atoms with Gasteiger partial charge in [0.2, 0.25) is 0 Å². The van der Waals surface area contributed by atoms with E-state index in [0.29, 0.717) is 19.6 Å². The minimum Gasteiger partial charge on any atom is -0.493 e. The van der Waals surface area contributed by atoms with Crippen molar-refractivity contribution in [1.29, 1.82) is 0 Å². The van der Waals surface area contributed by atoms with Crippen LogP contribution in [0.5, 0.6) is 5.75 Å². The highest BCUT2D eigenvalue weighted by Crippen LogP contribution is 2.23. The van der Waals surface area contributed by atoms with Gasteiger partial charge in [0, 0.05) is 31.2 Å². The van der Waals surface area contributed by atoms with E-state index in [-0.39, 0.29) is 6.61 Å². The van der Waals surface area contributed by atoms with Crippen molar-refractivity contribution in [2.75, 3.05) is 26.9 Å². The summed E-state index contributed by atoms with van der Waals surface area (Å²) in [6.07, 6.45) is 1.51. The first kappa shape index (κ1) is 13.5. The lowest BCUT2D eigenvalue weighted by Crippen LogP contribution is -2.02. The van der Waals surface area contributed by atoms with Crippen molar-refractivity contribution < 1.29 is 14.6 Å². The number of hydrogen-bond donors (Lipinski definition) is 1. The number of aliphatic hydroxyl groups excluding tert-OH is 1. The molecule has 0 aliphatic heterocycles. The van der Waals surface area contributed by atoms with Gasteiger partial charge in [-0.15, -0.1) is 0 Å². The van der Waals surface area contributed by atoms with Crippen LogP contribution in [0.25, 0.3) is 0 Å². The molecule has 0 bridgehead atoms. The monoisotopic (exact) mass is 288 g/mol. The fourth-order valence-corrected chi connectivity index (χ4v) is 1.79. The van der Waals surface area contributed by atoms with Gasteiger partial charge in [0.25, 0.3) is 0 Å². The van der Waals surface area contributed by atoms with E-state index in [9.17, 15) is 0 Å². The van der Waals surface area contributed by atoms with Gasteiger partial charge in [-0.1, -0.05) is 15.9 Å². The molecule has 0 fully saturated rings. The molecule has 4 heteroatoms. The van der Waals surface area contributed by atoms with Gasteiger partial charge < -0.3 is 14.6 Å². The Morgan fingerprint density at radius 2 is 2.12 bits per heavy atom. The summed E-state index contributed by atoms with van der Waals surface area (Å²) in [6, 6.07) is 5.81. The summed E-state index contributed by atoms with van der Waals surface area (Å²) in [7, 11) is 1.68. The molecule has 0 atom stereocenters. The van der Waals surface area contributed by atoms with E-state index < -0.39 is 0 Å². The van der Waals surface area contributed by atoms with Crippen LogP contribution in [0.1, 0.15) is 12.0 Å². The van der Waals surface area contributed by atoms with Crippen LogP contribution in [-0.4, -0.2) is 32.0 Å². The van der Waals surface area contributed by atoms with Crippen LogP contribution in [0, 0.1) is 0 Å². The second kappa shape index (κ2) is 7.65. The zero-order valence-electron chi connectivity index (χ0n) is 9.41. The summed E-state index contributed by atoms with van der Waals surface area (Å²) in [5, 5.41) is 8.90. The predicted octanol–water partition coefficient (Wildman–Crippen LogP) is 2.40. The predicted molar refractivity (Wildman–Crippen MR) is 66.9 cm³/mol. The van der Waals surface area contributed by atoms with Gasteiger partial charge in [-0.05, 0) is 30.2 Å². The van der Waals surface area contributed by atoms with Crippen molar-refractivity contribution in [3.05, 3.63) is 28.2 Å². The van der Waals surface area contributed by atoms with Crippen molar-refractivity contribution in [2.24, 2.45) is 0 Å². The summed E-state index contributed by atoms with van der Waals surface area (Å²) >= 11 is 3.44. The largest absolute Gasteiger partial charge is 0.493 e. The van der Waals surface area contributed by atoms with Crippen LogP contribution in [-0.2, 0) is 11.2 Å². The third kappa shape index (κ3) is 4.51. The molecule has 1 N–H and O–H groups in total. The van der Waals surface area contributed by atoms with Gasteiger partial charge in [-0.2, -0.15) is 0 Å². The summed E-state index contributed by atoms with van der Waals surface area (Å²) < 4.78 is 11.5. The van der Waals surface area contributed by atoms with Gasteiger partial charge in [-0.3, -0.25) is 0 Å². The Labute approximate surface area is 105 Å². The minimum atomic E-state index is 0.145. The summed E-state index contributed by atoms with van der Waals surface area (Å²) in [5.41, 5.74) is 1.06. The molecule has 16 heavy (non-hydrogen) atoms. The van der Waals surface area contributed by atoms with Crippen molar-refractivity contribution in [3.63, 3.8) is 0 Å². The molecule has 1 aromatic rings. The van der Waals surface area contributed by atoms with Gasteiger partial charge in [0.05, 0.1) is 6.61 Å². The third-order valence-corrected chi connectivity index (χ3v) is 2.93. The third-order valence-electron chi connectivity index (χ3n) is 2.16. The lowest BCUT2D eigenvalue weighted by atomic mass is 10.1. The van der Waals surface area contributed by atoms with E-state index in [4.69, 9.17) is 14.6 Å². The minimum absolute atomic E-state index is 0.145. The fourth-order valence-electron chi connectivity index (χ4n) is 1.35. The first-order valence-corrected chi connectivity index (χ1v) is 6.08. The molecule has 0 amide bonds. The fraction of sp³-hybridized carbons (Fsp3) is 0.500. The highest BCUT2D eigenvalue weighted by Gasteiger charge is 2.02. The van der Waals surface area contributed by atoms with E-state index in [0.717, 1.165) is 22.2 Å². The maximum absolute atomic E-state index is 8.90. The Hall–Kier alpha value is -0.580. The molecule has 0 aliphatic carbocycles. The summed E-state index contributed by atoms with van der Waals surface area (Å²) in [4.78, 5) is 0. The number of ether oxygens (including phenoxy) is 2. The maximum atomic E-state index is 8.90. The number of rotatable bonds is 7. The molecule has 1 rings (SSSR count). The number of halogens is 1. The van der Waals surface area contributed by atoms with Gasteiger partial charge >= 0.3 is 0 Å². The number of benzene rings is 1. The van der Waals surface area contributed by atoms with Crippen LogP contribution in [0.2, 0.25) is 0 Å². The van der Waals surface area contributed by atoms with E-state index in [1.165, 1.54) is 0 Å². The molecule has 90 valence electrons. The van der Waals surface area contributed by atoms with Crippen LogP contribution >= 0.6 is 15.9 Å². The second-order valence-electron chi connectivity index (χ2n) is 3.42. The lowest BCUT2D eigenvalue weighted by molar-refractivity contribution is 0.172. The average Bonchev–Trinajstić information content (AvgIpc) is 2.29. The highest BCUT2D eigenvalue weighted by molar-refractivity contribution is 9.10. The normalized spacial score (nSPS) is 10.4. The maximum Gasteiger partial charge on any atom is 0.119 e. The van der Waals surface area contributed by atoms with Crippen LogP contribution in [0.15, 0.2) is 22.7 Å². The number of hydrogen-bond acceptors (Lipinski definition) is 3. The number of aliphatic hydroxyl groups is 1. The van der Waals surface area contributed by atoms with Gasteiger partial charge in [0.15, 0.2) is 0 Å². The SMILES string of the molecule is COCCCOc1ccc(Br)c(CCO)c1. The smallest absolute Gasteiger partial charge is 0.119 e. The van der Waals surface area contributed by atoms with Crippen LogP contribution in [0.3, 0.4) is 0 Å². The standard InChI is InChI=1S/C12H17BrO3/c1-15-7-2-8-16-11-3-4-12(13)10(9-11)5-6-14/h3-4,9,14H,2,5-8H2,1H3. The molecule has 0 saturated heterocycles. The lowest BCUT2D eigenvalue weighted by Gasteiger charge is -2.09. The molecule has 0 spiro atoms. The topological polar surface area (TPSA) is 38.7 Å². The van der Waals surface area contributed by atoms with E-state index >= 15 is 0 Å². The van der Waals surface area contributed by atoms with Crippen molar-refractivity contribution in [3.8, 4) is 5.75 Å². The van der Waals surface area contributed by atoms with Crippen LogP contribution < -0.4 is 4.74 Å². The van der Waals surface area contributed by atoms with Crippen LogP contribution in [0.4, 0.5) is 0 Å². The quantitative estimate of drug-likeness (QED) is 0.783. The Morgan fingerprint density at radius 1 is 1.31 bits per heavy atom. The zero-order chi connectivity index (χ0) is 11.8. The number of methoxy groups -OCH3 is 1. The van der Waals surface area contributed by atoms with Crippen molar-refractivity contribution in [2.45, 2.75) is 12.8 Å². The Balaban J connectivity index is 2.50. The van der Waals surface area contributed by atoms with E-state index in [1.807, 2.05) is 18.2 Å². The molecule has 0 radical (unpaired) electrons. The van der Waals surface area contributed by atoms with E-state index in [1.54, 1.807) is 7.11 Å². The Morgan fingerprint density at radius 3 is 2.81 bits per heavy atom. The first-order chi connectivity index (χ1) is 7.77. The summed E-state index contributed by atoms with van der Waals surface area (Å²) in [6.45, 7) is 1.50. The molecular formula is C12H17BrO3. The molecule has 3 nitrogen and oxygen atoms in total. The summed E-state index contributed by atoms with van der Waals surface area (Å²) in [5.74, 6) is 0.836. The molecule has 1 aromatic carbocycles. The molecule has 0 unspecified atom stereocenters. The molecular weight excluding hydrogens is 272 g/mol. The molecule has 0 heterocycles. The molecule has 0 aromatic heterocycles. The molecule has 0 aliphatic rings. The second-order valence-corrected chi connectivity index (χ2v) is 4.28. The van der Waals surface area contributed by atoms with Crippen molar-refractivity contribution >= 4 is 15.9 Å². The average molecular weight is 289 g/mol. The van der Waals surface area contributed by atoms with Gasteiger partial charge in [0.1, 0.15) is 5.75 Å². The highest BCUT2D eigenvalue weighted by atomic mass is 79.9. The zero-order valence-corrected chi connectivity index (χ0v) is 11.0. The van der Waals surface area contributed by atoms with Gasteiger partial charge in [-0.25, -0.2) is 0 Å².